The fourth-order valence-electron chi connectivity index (χ4n) is 4.26. The molecule has 0 aliphatic carbocycles. The lowest BCUT2D eigenvalue weighted by Gasteiger charge is -2.09. The van der Waals surface area contributed by atoms with E-state index < -0.39 is 0 Å². The second-order valence-corrected chi connectivity index (χ2v) is 7.66. The van der Waals surface area contributed by atoms with Gasteiger partial charge in [0, 0.05) is 13.1 Å². The van der Waals surface area contributed by atoms with E-state index in [1.54, 1.807) is 7.11 Å². The van der Waals surface area contributed by atoms with Crippen molar-refractivity contribution in [2.24, 2.45) is 7.05 Å². The molecule has 0 aliphatic heterocycles. The molecule has 0 aliphatic rings. The molecule has 7 heteroatoms. The number of methoxy groups -OCH3 is 1. The summed E-state index contributed by atoms with van der Waals surface area (Å²) >= 11 is 0. The van der Waals surface area contributed by atoms with Gasteiger partial charge in [-0.15, -0.1) is 0 Å². The Morgan fingerprint density at radius 2 is 1.53 bits per heavy atom. The Hall–Kier alpha value is -4.39. The van der Waals surface area contributed by atoms with Crippen LogP contribution in [0.4, 0.5) is 5.82 Å². The number of anilines is 1. The minimum absolute atomic E-state index is 0.530. The van der Waals surface area contributed by atoms with Crippen molar-refractivity contribution in [3.63, 3.8) is 0 Å². The lowest BCUT2D eigenvalue weighted by atomic mass is 10.2. The highest BCUT2D eigenvalue weighted by atomic mass is 16.5. The number of rotatable bonds is 3. The molecule has 3 aromatic heterocycles. The molecule has 0 fully saturated rings. The van der Waals surface area contributed by atoms with E-state index in [0.29, 0.717) is 17.0 Å². The van der Waals surface area contributed by atoms with Gasteiger partial charge >= 0.3 is 0 Å². The molecule has 0 unspecified atom stereocenters. The molecule has 3 aromatic carbocycles. The van der Waals surface area contributed by atoms with Gasteiger partial charge in [0.15, 0.2) is 5.65 Å². The van der Waals surface area contributed by atoms with Crippen molar-refractivity contribution < 1.29 is 4.74 Å². The minimum atomic E-state index is 0.530. The van der Waals surface area contributed by atoms with E-state index in [1.807, 2.05) is 89.0 Å². The van der Waals surface area contributed by atoms with E-state index in [2.05, 4.69) is 0 Å². The minimum Gasteiger partial charge on any atom is -0.497 e. The van der Waals surface area contributed by atoms with Crippen molar-refractivity contribution in [1.29, 1.82) is 0 Å². The first-order valence-corrected chi connectivity index (χ1v) is 10.3. The van der Waals surface area contributed by atoms with Crippen molar-refractivity contribution in [2.75, 3.05) is 12.8 Å². The second kappa shape index (κ2) is 6.81. The standard InChI is InChI=1S/C25H20N6O/c1-30-20-13-6-5-12-19(20)29-24(30)21-22-25(28-18-11-4-3-10-17(18)27-22)31(23(21)26)15-8-7-9-16(14-15)32-2/h3-14H,26H2,1-2H3. The molecule has 0 atom stereocenters. The van der Waals surface area contributed by atoms with Crippen LogP contribution in [-0.2, 0) is 7.05 Å². The molecule has 7 nitrogen and oxygen atoms in total. The van der Waals surface area contributed by atoms with Crippen molar-refractivity contribution in [3.8, 4) is 22.8 Å². The first kappa shape index (κ1) is 18.4. The quantitative estimate of drug-likeness (QED) is 0.448. The summed E-state index contributed by atoms with van der Waals surface area (Å²) in [7, 11) is 3.64. The summed E-state index contributed by atoms with van der Waals surface area (Å²) < 4.78 is 9.41. The summed E-state index contributed by atoms with van der Waals surface area (Å²) in [6.45, 7) is 0. The maximum atomic E-state index is 6.81. The molecule has 2 N–H and O–H groups in total. The molecule has 0 amide bonds. The number of aryl methyl sites for hydroxylation is 1. The Morgan fingerprint density at radius 1 is 0.812 bits per heavy atom. The van der Waals surface area contributed by atoms with E-state index in [0.717, 1.165) is 44.9 Å². The Bertz CT molecular complexity index is 1650. The molecule has 32 heavy (non-hydrogen) atoms. The summed E-state index contributed by atoms with van der Waals surface area (Å²) in [6.07, 6.45) is 0. The average molecular weight is 420 g/mol. The number of aromatic nitrogens is 5. The maximum absolute atomic E-state index is 6.81. The van der Waals surface area contributed by atoms with Crippen molar-refractivity contribution in [2.45, 2.75) is 0 Å². The Morgan fingerprint density at radius 3 is 2.28 bits per heavy atom. The third-order valence-corrected chi connectivity index (χ3v) is 5.82. The lowest BCUT2D eigenvalue weighted by Crippen LogP contribution is -2.03. The Labute approximate surface area is 183 Å². The molecule has 156 valence electrons. The molecular formula is C25H20N6O. The van der Waals surface area contributed by atoms with Gasteiger partial charge in [0.25, 0.3) is 0 Å². The van der Waals surface area contributed by atoms with Crippen molar-refractivity contribution in [3.05, 3.63) is 72.8 Å². The number of para-hydroxylation sites is 4. The van der Waals surface area contributed by atoms with Crippen LogP contribution in [0.2, 0.25) is 0 Å². The van der Waals surface area contributed by atoms with E-state index >= 15 is 0 Å². The smallest absolute Gasteiger partial charge is 0.166 e. The first-order valence-electron chi connectivity index (χ1n) is 10.3. The number of ether oxygens (including phenoxy) is 1. The maximum Gasteiger partial charge on any atom is 0.166 e. The van der Waals surface area contributed by atoms with Crippen LogP contribution in [0.1, 0.15) is 0 Å². The monoisotopic (exact) mass is 420 g/mol. The van der Waals surface area contributed by atoms with E-state index in [9.17, 15) is 0 Å². The van der Waals surface area contributed by atoms with E-state index in [4.69, 9.17) is 25.4 Å². The summed E-state index contributed by atoms with van der Waals surface area (Å²) in [5, 5.41) is 0. The number of fused-ring (bicyclic) bond motifs is 3. The summed E-state index contributed by atoms with van der Waals surface area (Å²) in [5.41, 5.74) is 13.4. The topological polar surface area (TPSA) is 83.8 Å². The highest BCUT2D eigenvalue weighted by Gasteiger charge is 2.24. The zero-order valence-corrected chi connectivity index (χ0v) is 17.6. The predicted molar refractivity (Wildman–Crippen MR) is 127 cm³/mol. The van der Waals surface area contributed by atoms with Crippen LogP contribution in [0.25, 0.3) is 50.3 Å². The number of nitrogen functional groups attached to an aromatic ring is 1. The number of hydrogen-bond donors (Lipinski definition) is 1. The highest BCUT2D eigenvalue weighted by Crippen LogP contribution is 2.38. The van der Waals surface area contributed by atoms with Gasteiger partial charge in [-0.05, 0) is 36.4 Å². The van der Waals surface area contributed by atoms with Crippen LogP contribution in [0.5, 0.6) is 5.75 Å². The third kappa shape index (κ3) is 2.58. The summed E-state index contributed by atoms with van der Waals surface area (Å²) in [4.78, 5) is 14.8. The van der Waals surface area contributed by atoms with Gasteiger partial charge < -0.3 is 15.0 Å². The summed E-state index contributed by atoms with van der Waals surface area (Å²) in [5.74, 6) is 2.02. The largest absolute Gasteiger partial charge is 0.497 e. The van der Waals surface area contributed by atoms with Crippen LogP contribution in [0.3, 0.4) is 0 Å². The number of hydrogen-bond acceptors (Lipinski definition) is 5. The fraction of sp³-hybridized carbons (Fsp3) is 0.0800. The first-order chi connectivity index (χ1) is 15.7. The van der Waals surface area contributed by atoms with Gasteiger partial charge in [0.1, 0.15) is 22.9 Å². The number of benzene rings is 3. The fourth-order valence-corrected chi connectivity index (χ4v) is 4.26. The number of nitrogens with two attached hydrogens (primary N) is 1. The molecule has 0 radical (unpaired) electrons. The molecule has 6 aromatic rings. The predicted octanol–water partition coefficient (Wildman–Crippen LogP) is 4.72. The van der Waals surface area contributed by atoms with Gasteiger partial charge in [-0.1, -0.05) is 30.3 Å². The molecule has 0 saturated heterocycles. The average Bonchev–Trinajstić information content (AvgIpc) is 3.30. The number of nitrogens with zero attached hydrogens (tertiary/aromatic N) is 5. The third-order valence-electron chi connectivity index (χ3n) is 5.82. The highest BCUT2D eigenvalue weighted by molar-refractivity contribution is 6.02. The van der Waals surface area contributed by atoms with Gasteiger partial charge in [0.2, 0.25) is 0 Å². The zero-order chi connectivity index (χ0) is 21.8. The lowest BCUT2D eigenvalue weighted by molar-refractivity contribution is 0.414. The number of imidazole rings is 1. The van der Waals surface area contributed by atoms with Crippen LogP contribution in [-0.4, -0.2) is 31.2 Å². The molecule has 0 bridgehead atoms. The Balaban J connectivity index is 1.76. The molecular weight excluding hydrogens is 400 g/mol. The van der Waals surface area contributed by atoms with Gasteiger partial charge in [0.05, 0.1) is 40.4 Å². The van der Waals surface area contributed by atoms with Crippen molar-refractivity contribution >= 4 is 39.0 Å². The van der Waals surface area contributed by atoms with Crippen LogP contribution < -0.4 is 10.5 Å². The second-order valence-electron chi connectivity index (χ2n) is 7.66. The van der Waals surface area contributed by atoms with Gasteiger partial charge in [-0.25, -0.2) is 15.0 Å². The SMILES string of the molecule is COc1cccc(-n2c(N)c(-c3nc4ccccc4n3C)c3nc4ccccc4nc32)c1. The van der Waals surface area contributed by atoms with E-state index in [1.165, 1.54) is 0 Å². The Kier molecular flexibility index (Phi) is 3.91. The van der Waals surface area contributed by atoms with Crippen LogP contribution >= 0.6 is 0 Å². The normalized spacial score (nSPS) is 11.6. The molecule has 6 rings (SSSR count). The van der Waals surface area contributed by atoms with Crippen LogP contribution in [0.15, 0.2) is 72.8 Å². The summed E-state index contributed by atoms with van der Waals surface area (Å²) in [6, 6.07) is 23.6. The molecule has 0 saturated carbocycles. The molecule has 3 heterocycles. The van der Waals surface area contributed by atoms with E-state index in [-0.39, 0.29) is 0 Å². The van der Waals surface area contributed by atoms with Gasteiger partial charge in [-0.3, -0.25) is 4.57 Å². The molecule has 0 spiro atoms. The van der Waals surface area contributed by atoms with Crippen molar-refractivity contribution in [1.82, 2.24) is 24.1 Å². The van der Waals surface area contributed by atoms with Crippen LogP contribution in [0, 0.1) is 0 Å². The zero-order valence-electron chi connectivity index (χ0n) is 17.6. The van der Waals surface area contributed by atoms with Gasteiger partial charge in [-0.2, -0.15) is 0 Å².